The number of thioether (sulfide) groups is 1. The van der Waals surface area contributed by atoms with Gasteiger partial charge in [0.1, 0.15) is 0 Å². The van der Waals surface area contributed by atoms with Crippen molar-refractivity contribution in [3.63, 3.8) is 0 Å². The van der Waals surface area contributed by atoms with Crippen LogP contribution in [0.1, 0.15) is 6.42 Å². The van der Waals surface area contributed by atoms with Gasteiger partial charge in [0, 0.05) is 18.0 Å². The fraction of sp³-hybridized carbons (Fsp3) is 0.333. The Balaban J connectivity index is 0.000000141. The second kappa shape index (κ2) is 5.63. The van der Waals surface area contributed by atoms with Gasteiger partial charge in [-0.3, -0.25) is 9.35 Å². The molecule has 2 aliphatic rings. The lowest BCUT2D eigenvalue weighted by Gasteiger charge is -2.39. The minimum Gasteiger partial charge on any atom is -0.342 e. The SMILES string of the molecule is O=C1CC2SCC=CN12.O=S(=O)(O)Oc1ccn[nH]1. The van der Waals surface area contributed by atoms with E-state index < -0.39 is 10.4 Å². The molecular weight excluding hydrogens is 294 g/mol. The molecule has 3 heterocycles. The normalized spacial score (nSPS) is 21.0. The van der Waals surface area contributed by atoms with E-state index in [0.29, 0.717) is 5.37 Å². The molecule has 104 valence electrons. The van der Waals surface area contributed by atoms with E-state index in [2.05, 4.69) is 14.4 Å². The molecule has 2 N–H and O–H groups in total. The number of amides is 1. The Morgan fingerprint density at radius 2 is 2.37 bits per heavy atom. The van der Waals surface area contributed by atoms with Crippen LogP contribution in [-0.2, 0) is 15.2 Å². The summed E-state index contributed by atoms with van der Waals surface area (Å²) in [5.41, 5.74) is 0. The minimum absolute atomic E-state index is 0.123. The number of rotatable bonds is 2. The maximum Gasteiger partial charge on any atom is 0.447 e. The van der Waals surface area contributed by atoms with Crippen molar-refractivity contribution in [2.45, 2.75) is 11.8 Å². The highest BCUT2D eigenvalue weighted by Crippen LogP contribution is 2.32. The largest absolute Gasteiger partial charge is 0.447 e. The van der Waals surface area contributed by atoms with Crippen molar-refractivity contribution >= 4 is 28.1 Å². The number of fused-ring (bicyclic) bond motifs is 1. The highest BCUT2D eigenvalue weighted by molar-refractivity contribution is 8.00. The summed E-state index contributed by atoms with van der Waals surface area (Å²) in [5, 5.41) is 6.04. The predicted octanol–water partition coefficient (Wildman–Crippen LogP) is 0.397. The Hall–Kier alpha value is -1.52. The molecule has 0 saturated carbocycles. The average molecular weight is 305 g/mol. The molecule has 1 unspecified atom stereocenters. The number of carbonyl (C=O) groups excluding carboxylic acids is 1. The second-order valence-corrected chi connectivity index (χ2v) is 5.84. The van der Waals surface area contributed by atoms with Crippen molar-refractivity contribution in [2.24, 2.45) is 0 Å². The third-order valence-electron chi connectivity index (χ3n) is 2.27. The number of aromatic amines is 1. The summed E-state index contributed by atoms with van der Waals surface area (Å²) in [5.74, 6) is 1.21. The van der Waals surface area contributed by atoms with Gasteiger partial charge < -0.3 is 9.08 Å². The van der Waals surface area contributed by atoms with Gasteiger partial charge >= 0.3 is 10.4 Å². The summed E-state index contributed by atoms with van der Waals surface area (Å²) in [6.45, 7) is 0. The number of hydrogen-bond donors (Lipinski definition) is 2. The Morgan fingerprint density at radius 3 is 2.84 bits per heavy atom. The van der Waals surface area contributed by atoms with Gasteiger partial charge in [-0.05, 0) is 0 Å². The Bertz CT molecular complexity index is 569. The van der Waals surface area contributed by atoms with E-state index in [1.165, 1.54) is 12.3 Å². The number of H-pyrrole nitrogens is 1. The number of carbonyl (C=O) groups is 1. The van der Waals surface area contributed by atoms with E-state index in [-0.39, 0.29) is 11.8 Å². The highest BCUT2D eigenvalue weighted by Gasteiger charge is 2.35. The van der Waals surface area contributed by atoms with Crippen molar-refractivity contribution in [3.05, 3.63) is 24.5 Å². The van der Waals surface area contributed by atoms with Crippen LogP contribution >= 0.6 is 11.8 Å². The molecule has 8 nitrogen and oxygen atoms in total. The first-order chi connectivity index (χ1) is 8.96. The molecule has 1 saturated heterocycles. The number of β-lactam (4-membered cyclic amide) rings is 1. The van der Waals surface area contributed by atoms with Gasteiger partial charge in [-0.15, -0.1) is 11.8 Å². The smallest absolute Gasteiger partial charge is 0.342 e. The zero-order valence-electron chi connectivity index (χ0n) is 9.59. The number of hydrogen-bond acceptors (Lipinski definition) is 6. The fourth-order valence-corrected chi connectivity index (χ4v) is 2.79. The molecule has 1 fully saturated rings. The molecule has 10 heteroatoms. The molecular formula is C9H11N3O5S2. The van der Waals surface area contributed by atoms with E-state index in [0.717, 1.165) is 12.2 Å². The van der Waals surface area contributed by atoms with Gasteiger partial charge in [0.15, 0.2) is 0 Å². The van der Waals surface area contributed by atoms with Crippen molar-refractivity contribution < 1.29 is 21.9 Å². The predicted molar refractivity (Wildman–Crippen MR) is 67.6 cm³/mol. The maximum absolute atomic E-state index is 10.7. The van der Waals surface area contributed by atoms with Gasteiger partial charge in [0.2, 0.25) is 11.8 Å². The van der Waals surface area contributed by atoms with Crippen LogP contribution in [0.15, 0.2) is 24.5 Å². The zero-order chi connectivity index (χ0) is 13.9. The van der Waals surface area contributed by atoms with Crippen molar-refractivity contribution in [1.29, 1.82) is 0 Å². The molecule has 1 aromatic rings. The summed E-state index contributed by atoms with van der Waals surface area (Å²) < 4.78 is 32.0. The second-order valence-electron chi connectivity index (χ2n) is 3.61. The van der Waals surface area contributed by atoms with E-state index in [9.17, 15) is 13.2 Å². The van der Waals surface area contributed by atoms with E-state index in [4.69, 9.17) is 4.55 Å². The van der Waals surface area contributed by atoms with Crippen molar-refractivity contribution in [3.8, 4) is 5.88 Å². The molecule has 0 aliphatic carbocycles. The number of aromatic nitrogens is 2. The fourth-order valence-electron chi connectivity index (χ4n) is 1.45. The molecule has 0 aromatic carbocycles. The summed E-state index contributed by atoms with van der Waals surface area (Å²) in [7, 11) is -4.42. The third kappa shape index (κ3) is 3.98. The molecule has 1 atom stereocenters. The highest BCUT2D eigenvalue weighted by atomic mass is 32.3. The summed E-state index contributed by atoms with van der Waals surface area (Å²) >= 11 is 1.84. The molecule has 1 aromatic heterocycles. The van der Waals surface area contributed by atoms with E-state index >= 15 is 0 Å². The van der Waals surface area contributed by atoms with E-state index in [1.807, 2.05) is 24.0 Å². The first-order valence-electron chi connectivity index (χ1n) is 5.21. The van der Waals surface area contributed by atoms with Crippen LogP contribution in [0.3, 0.4) is 0 Å². The molecule has 3 rings (SSSR count). The first kappa shape index (κ1) is 13.9. The summed E-state index contributed by atoms with van der Waals surface area (Å²) in [4.78, 5) is 12.5. The van der Waals surface area contributed by atoms with Crippen LogP contribution < -0.4 is 4.18 Å². The van der Waals surface area contributed by atoms with Crippen LogP contribution in [-0.4, -0.2) is 45.1 Å². The van der Waals surface area contributed by atoms with Crippen LogP contribution in [0.4, 0.5) is 0 Å². The lowest BCUT2D eigenvalue weighted by Crippen LogP contribution is -2.48. The van der Waals surface area contributed by atoms with Gasteiger partial charge in [0.05, 0.1) is 18.0 Å². The average Bonchev–Trinajstić information content (AvgIpc) is 2.79. The number of nitrogens with zero attached hydrogens (tertiary/aromatic N) is 2. The zero-order valence-corrected chi connectivity index (χ0v) is 11.2. The Morgan fingerprint density at radius 1 is 1.58 bits per heavy atom. The summed E-state index contributed by atoms with van der Waals surface area (Å²) in [6.07, 6.45) is 5.96. The molecule has 0 spiro atoms. The van der Waals surface area contributed by atoms with Crippen LogP contribution in [0.25, 0.3) is 0 Å². The molecule has 0 radical (unpaired) electrons. The monoisotopic (exact) mass is 305 g/mol. The van der Waals surface area contributed by atoms with Gasteiger partial charge in [-0.1, -0.05) is 6.08 Å². The molecule has 19 heavy (non-hydrogen) atoms. The van der Waals surface area contributed by atoms with E-state index in [1.54, 1.807) is 4.90 Å². The molecule has 1 amide bonds. The van der Waals surface area contributed by atoms with Gasteiger partial charge in [-0.25, -0.2) is 5.10 Å². The van der Waals surface area contributed by atoms with Gasteiger partial charge in [0.25, 0.3) is 0 Å². The summed E-state index contributed by atoms with van der Waals surface area (Å²) in [6, 6.07) is 1.26. The van der Waals surface area contributed by atoms with Crippen LogP contribution in [0.5, 0.6) is 5.88 Å². The van der Waals surface area contributed by atoms with Crippen LogP contribution in [0.2, 0.25) is 0 Å². The minimum atomic E-state index is -4.42. The number of nitrogens with one attached hydrogen (secondary N) is 1. The Labute approximate surface area is 113 Å². The maximum atomic E-state index is 10.7. The third-order valence-corrected chi connectivity index (χ3v) is 3.82. The standard InChI is InChI=1S/C6H7NOS.C3H4N2O4S/c8-5-4-6-7(5)2-1-3-9-6;6-10(7,8)9-3-1-2-4-5-3/h1-2,6H,3-4H2;1-2H,(H,4,5)(H,6,7,8). The Kier molecular flexibility index (Phi) is 4.12. The van der Waals surface area contributed by atoms with Crippen molar-refractivity contribution in [1.82, 2.24) is 15.1 Å². The molecule has 2 aliphatic heterocycles. The van der Waals surface area contributed by atoms with Gasteiger partial charge in [-0.2, -0.15) is 13.5 Å². The van der Waals surface area contributed by atoms with Crippen molar-refractivity contribution in [2.75, 3.05) is 5.75 Å². The van der Waals surface area contributed by atoms with Crippen LogP contribution in [0, 0.1) is 0 Å². The quantitative estimate of drug-likeness (QED) is 0.600. The topological polar surface area (TPSA) is 113 Å². The lowest BCUT2D eigenvalue weighted by molar-refractivity contribution is -0.137. The molecule has 0 bridgehead atoms. The first-order valence-corrected chi connectivity index (χ1v) is 7.63. The lowest BCUT2D eigenvalue weighted by atomic mass is 10.2.